The number of nitro groups is 1. The van der Waals surface area contributed by atoms with Crippen molar-refractivity contribution in [3.05, 3.63) is 69.0 Å². The second kappa shape index (κ2) is 4.73. The third-order valence-corrected chi connectivity index (χ3v) is 3.58. The summed E-state index contributed by atoms with van der Waals surface area (Å²) in [4.78, 5) is 25.4. The van der Waals surface area contributed by atoms with Crippen LogP contribution in [0.1, 0.15) is 0 Å². The van der Waals surface area contributed by atoms with Crippen LogP contribution in [0.25, 0.3) is 28.1 Å². The molecule has 8 nitrogen and oxygen atoms in total. The number of benzene rings is 2. The smallest absolute Gasteiger partial charge is 0.294 e. The molecule has 4 rings (SSSR count). The number of rotatable bonds is 2. The van der Waals surface area contributed by atoms with Crippen molar-refractivity contribution >= 4 is 22.4 Å². The molecule has 0 saturated carbocycles. The Kier molecular flexibility index (Phi) is 2.70. The van der Waals surface area contributed by atoms with E-state index in [0.717, 1.165) is 5.56 Å². The summed E-state index contributed by atoms with van der Waals surface area (Å²) in [5, 5.41) is 19.0. The summed E-state index contributed by atoms with van der Waals surface area (Å²) < 4.78 is 1.54. The predicted molar refractivity (Wildman–Crippen MR) is 83.2 cm³/mol. The SMILES string of the molecule is O=c1[nH]c2ccc([N+](=O)[O-])cc2n2c(-c3ccccc3)nnc12. The maximum Gasteiger partial charge on any atom is 0.294 e. The van der Waals surface area contributed by atoms with Crippen LogP contribution in [-0.2, 0) is 0 Å². The fraction of sp³-hybridized carbons (Fsp3) is 0. The number of nitrogens with one attached hydrogen (secondary N) is 1. The van der Waals surface area contributed by atoms with Gasteiger partial charge in [-0.25, -0.2) is 0 Å². The van der Waals surface area contributed by atoms with E-state index in [1.807, 2.05) is 30.3 Å². The molecule has 2 heterocycles. The van der Waals surface area contributed by atoms with Crippen LogP contribution in [0.2, 0.25) is 0 Å². The van der Waals surface area contributed by atoms with Crippen LogP contribution in [0.3, 0.4) is 0 Å². The van der Waals surface area contributed by atoms with Crippen LogP contribution in [0.15, 0.2) is 53.3 Å². The largest absolute Gasteiger partial charge is 0.317 e. The fourth-order valence-corrected chi connectivity index (χ4v) is 2.54. The highest BCUT2D eigenvalue weighted by atomic mass is 16.6. The van der Waals surface area contributed by atoms with Gasteiger partial charge in [-0.3, -0.25) is 19.3 Å². The Morgan fingerprint density at radius 2 is 1.87 bits per heavy atom. The number of aromatic nitrogens is 4. The first-order valence-corrected chi connectivity index (χ1v) is 6.76. The van der Waals surface area contributed by atoms with Crippen LogP contribution >= 0.6 is 0 Å². The molecule has 0 amide bonds. The lowest BCUT2D eigenvalue weighted by molar-refractivity contribution is -0.384. The van der Waals surface area contributed by atoms with Gasteiger partial charge in [-0.2, -0.15) is 0 Å². The Hall–Kier alpha value is -3.55. The third-order valence-electron chi connectivity index (χ3n) is 3.58. The molecular formula is C15H9N5O3. The lowest BCUT2D eigenvalue weighted by atomic mass is 10.2. The Labute approximate surface area is 128 Å². The highest BCUT2D eigenvalue weighted by molar-refractivity contribution is 5.82. The minimum Gasteiger partial charge on any atom is -0.317 e. The first-order chi connectivity index (χ1) is 11.1. The average molecular weight is 307 g/mol. The van der Waals surface area contributed by atoms with Crippen molar-refractivity contribution in [2.75, 3.05) is 0 Å². The number of H-pyrrole nitrogens is 1. The molecule has 8 heteroatoms. The highest BCUT2D eigenvalue weighted by Gasteiger charge is 2.16. The Morgan fingerprint density at radius 1 is 1.09 bits per heavy atom. The van der Waals surface area contributed by atoms with Gasteiger partial charge in [0.15, 0.2) is 5.82 Å². The van der Waals surface area contributed by atoms with E-state index in [9.17, 15) is 14.9 Å². The summed E-state index contributed by atoms with van der Waals surface area (Å²) >= 11 is 0. The number of nitrogens with zero attached hydrogens (tertiary/aromatic N) is 4. The van der Waals surface area contributed by atoms with E-state index in [2.05, 4.69) is 15.2 Å². The van der Waals surface area contributed by atoms with Crippen molar-refractivity contribution < 1.29 is 4.92 Å². The second-order valence-electron chi connectivity index (χ2n) is 4.96. The van der Waals surface area contributed by atoms with Crippen molar-refractivity contribution in [2.24, 2.45) is 0 Å². The van der Waals surface area contributed by atoms with Crippen LogP contribution in [-0.4, -0.2) is 24.5 Å². The number of nitro benzene ring substituents is 1. The monoisotopic (exact) mass is 307 g/mol. The standard InChI is InChI=1S/C15H9N5O3/c21-15-14-18-17-13(9-4-2-1-3-5-9)19(14)12-8-10(20(22)23)6-7-11(12)16-15/h1-8H,(H,16,21). The molecule has 4 aromatic rings. The first-order valence-electron chi connectivity index (χ1n) is 6.76. The molecule has 0 saturated heterocycles. The number of hydrogen-bond acceptors (Lipinski definition) is 5. The van der Waals surface area contributed by atoms with E-state index in [-0.39, 0.29) is 11.3 Å². The third kappa shape index (κ3) is 1.96. The van der Waals surface area contributed by atoms with Crippen LogP contribution in [0, 0.1) is 10.1 Å². The lowest BCUT2D eigenvalue weighted by Gasteiger charge is -2.04. The molecule has 2 aromatic heterocycles. The number of fused-ring (bicyclic) bond motifs is 3. The van der Waals surface area contributed by atoms with Crippen LogP contribution in [0.5, 0.6) is 0 Å². The van der Waals surface area contributed by atoms with E-state index >= 15 is 0 Å². The van der Waals surface area contributed by atoms with Crippen molar-refractivity contribution in [1.29, 1.82) is 0 Å². The van der Waals surface area contributed by atoms with E-state index in [1.54, 1.807) is 0 Å². The van der Waals surface area contributed by atoms with Gasteiger partial charge in [0.05, 0.1) is 16.0 Å². The molecule has 0 bridgehead atoms. The van der Waals surface area contributed by atoms with E-state index < -0.39 is 10.5 Å². The van der Waals surface area contributed by atoms with Crippen molar-refractivity contribution in [3.8, 4) is 11.4 Å². The summed E-state index contributed by atoms with van der Waals surface area (Å²) in [6, 6.07) is 13.5. The summed E-state index contributed by atoms with van der Waals surface area (Å²) in [5.41, 5.74) is 1.33. The van der Waals surface area contributed by atoms with Gasteiger partial charge in [0.25, 0.3) is 11.2 Å². The molecule has 0 radical (unpaired) electrons. The Bertz CT molecular complexity index is 1110. The Balaban J connectivity index is 2.17. The minimum atomic E-state index is -0.483. The molecule has 0 aliphatic heterocycles. The maximum absolute atomic E-state index is 12.1. The van der Waals surface area contributed by atoms with Gasteiger partial charge >= 0.3 is 0 Å². The van der Waals surface area contributed by atoms with Gasteiger partial charge in [0.2, 0.25) is 5.65 Å². The molecule has 1 N–H and O–H groups in total. The van der Waals surface area contributed by atoms with Crippen LogP contribution < -0.4 is 5.56 Å². The molecule has 0 unspecified atom stereocenters. The molecule has 2 aromatic carbocycles. The summed E-state index contributed by atoms with van der Waals surface area (Å²) in [6.45, 7) is 0. The molecule has 0 spiro atoms. The lowest BCUT2D eigenvalue weighted by Crippen LogP contribution is -2.11. The molecule has 23 heavy (non-hydrogen) atoms. The summed E-state index contributed by atoms with van der Waals surface area (Å²) in [5.74, 6) is 0.456. The number of non-ortho nitro benzene ring substituents is 1. The van der Waals surface area contributed by atoms with Crippen molar-refractivity contribution in [1.82, 2.24) is 19.6 Å². The van der Waals surface area contributed by atoms with Gasteiger partial charge < -0.3 is 4.98 Å². The fourth-order valence-electron chi connectivity index (χ4n) is 2.54. The molecule has 112 valence electrons. The summed E-state index contributed by atoms with van der Waals surface area (Å²) in [7, 11) is 0. The first kappa shape index (κ1) is 13.1. The summed E-state index contributed by atoms with van der Waals surface area (Å²) in [6.07, 6.45) is 0. The molecule has 0 aliphatic rings. The zero-order valence-electron chi connectivity index (χ0n) is 11.6. The van der Waals surface area contributed by atoms with Crippen molar-refractivity contribution in [2.45, 2.75) is 0 Å². The van der Waals surface area contributed by atoms with Gasteiger partial charge in [-0.1, -0.05) is 30.3 Å². The zero-order chi connectivity index (χ0) is 16.0. The van der Waals surface area contributed by atoms with E-state index in [4.69, 9.17) is 0 Å². The predicted octanol–water partition coefficient (Wildman–Crippen LogP) is 2.15. The maximum atomic E-state index is 12.1. The average Bonchev–Trinajstić information content (AvgIpc) is 3.01. The molecule has 0 atom stereocenters. The molecule has 0 aliphatic carbocycles. The highest BCUT2D eigenvalue weighted by Crippen LogP contribution is 2.23. The van der Waals surface area contributed by atoms with Gasteiger partial charge in [0.1, 0.15) is 0 Å². The quantitative estimate of drug-likeness (QED) is 0.451. The molecule has 0 fully saturated rings. The normalized spacial score (nSPS) is 11.1. The van der Waals surface area contributed by atoms with Gasteiger partial charge in [-0.05, 0) is 6.07 Å². The minimum absolute atomic E-state index is 0.0708. The van der Waals surface area contributed by atoms with Crippen molar-refractivity contribution in [3.63, 3.8) is 0 Å². The second-order valence-corrected chi connectivity index (χ2v) is 4.96. The topological polar surface area (TPSA) is 106 Å². The van der Waals surface area contributed by atoms with Gasteiger partial charge in [-0.15, -0.1) is 10.2 Å². The number of hydrogen-bond donors (Lipinski definition) is 1. The number of aromatic amines is 1. The van der Waals surface area contributed by atoms with E-state index in [1.165, 1.54) is 22.6 Å². The Morgan fingerprint density at radius 3 is 2.61 bits per heavy atom. The molecular weight excluding hydrogens is 298 g/mol. The van der Waals surface area contributed by atoms with Gasteiger partial charge in [0, 0.05) is 17.7 Å². The van der Waals surface area contributed by atoms with E-state index in [0.29, 0.717) is 16.9 Å². The zero-order valence-corrected chi connectivity index (χ0v) is 11.6. The van der Waals surface area contributed by atoms with Crippen LogP contribution in [0.4, 0.5) is 5.69 Å².